The van der Waals surface area contributed by atoms with Crippen LogP contribution in [0.4, 0.5) is 0 Å². The van der Waals surface area contributed by atoms with E-state index in [2.05, 4.69) is 0 Å². The van der Waals surface area contributed by atoms with Gasteiger partial charge in [-0.2, -0.15) is 5.26 Å². The Morgan fingerprint density at radius 1 is 1.26 bits per heavy atom. The summed E-state index contributed by atoms with van der Waals surface area (Å²) in [5.41, 5.74) is -1.61. The van der Waals surface area contributed by atoms with Crippen LogP contribution in [0, 0.1) is 34.5 Å². The van der Waals surface area contributed by atoms with Gasteiger partial charge in [-0.25, -0.2) is 0 Å². The molecule has 19 heavy (non-hydrogen) atoms. The number of nitriles is 1. The second kappa shape index (κ2) is 7.13. The van der Waals surface area contributed by atoms with E-state index < -0.39 is 23.3 Å². The van der Waals surface area contributed by atoms with Crippen molar-refractivity contribution in [2.24, 2.45) is 23.2 Å². The van der Waals surface area contributed by atoms with Gasteiger partial charge in [0.2, 0.25) is 0 Å². The van der Waals surface area contributed by atoms with Crippen LogP contribution in [-0.2, 0) is 14.3 Å². The van der Waals surface area contributed by atoms with Gasteiger partial charge in [-0.15, -0.1) is 0 Å². The highest BCUT2D eigenvalue weighted by Crippen LogP contribution is 2.39. The standard InChI is InChI=1S/C14H23NO4/c1-9(2)6-11(12(16)17)14(8-15,7-10(3)4)13(18)19-5/h9-11H,6-7H2,1-5H3,(H,16,17). The zero-order chi connectivity index (χ0) is 15.2. The van der Waals surface area contributed by atoms with Gasteiger partial charge < -0.3 is 9.84 Å². The lowest BCUT2D eigenvalue weighted by molar-refractivity contribution is -0.162. The minimum absolute atomic E-state index is 0.0211. The highest BCUT2D eigenvalue weighted by molar-refractivity contribution is 5.87. The number of carbonyl (C=O) groups excluding carboxylic acids is 1. The third-order valence-electron chi connectivity index (χ3n) is 3.08. The molecule has 5 nitrogen and oxygen atoms in total. The minimum atomic E-state index is -1.61. The molecule has 0 radical (unpaired) electrons. The summed E-state index contributed by atoms with van der Waals surface area (Å²) in [4.78, 5) is 23.5. The number of esters is 1. The molecule has 2 unspecified atom stereocenters. The summed E-state index contributed by atoms with van der Waals surface area (Å²) in [7, 11) is 1.18. The van der Waals surface area contributed by atoms with E-state index in [9.17, 15) is 20.0 Å². The summed E-state index contributed by atoms with van der Waals surface area (Å²) in [6.07, 6.45) is 0.449. The van der Waals surface area contributed by atoms with Crippen LogP contribution in [-0.4, -0.2) is 24.2 Å². The Kier molecular flexibility index (Phi) is 6.54. The van der Waals surface area contributed by atoms with E-state index in [-0.39, 0.29) is 24.7 Å². The zero-order valence-electron chi connectivity index (χ0n) is 12.3. The quantitative estimate of drug-likeness (QED) is 0.717. The molecule has 0 fully saturated rings. The summed E-state index contributed by atoms with van der Waals surface area (Å²) in [6.45, 7) is 7.43. The van der Waals surface area contributed by atoms with Crippen LogP contribution >= 0.6 is 0 Å². The van der Waals surface area contributed by atoms with Gasteiger partial charge in [0.15, 0.2) is 5.41 Å². The first kappa shape index (κ1) is 17.4. The average molecular weight is 269 g/mol. The molecular weight excluding hydrogens is 246 g/mol. The normalized spacial score (nSPS) is 15.7. The molecule has 5 heteroatoms. The second-order valence-corrected chi connectivity index (χ2v) is 5.69. The molecule has 0 rings (SSSR count). The molecule has 0 amide bonds. The highest BCUT2D eigenvalue weighted by Gasteiger charge is 2.51. The Bertz CT molecular complexity index is 370. The van der Waals surface area contributed by atoms with Crippen molar-refractivity contribution in [1.82, 2.24) is 0 Å². The summed E-state index contributed by atoms with van der Waals surface area (Å²) in [6, 6.07) is 1.93. The van der Waals surface area contributed by atoms with Crippen molar-refractivity contribution >= 4 is 11.9 Å². The third kappa shape index (κ3) is 4.23. The molecule has 0 aromatic heterocycles. The van der Waals surface area contributed by atoms with Gasteiger partial charge >= 0.3 is 11.9 Å². The first-order chi connectivity index (χ1) is 8.71. The van der Waals surface area contributed by atoms with E-state index in [1.807, 2.05) is 33.8 Å². The monoisotopic (exact) mass is 269 g/mol. The highest BCUT2D eigenvalue weighted by atomic mass is 16.5. The Balaban J connectivity index is 5.69. The summed E-state index contributed by atoms with van der Waals surface area (Å²) in [5.74, 6) is -2.83. The van der Waals surface area contributed by atoms with Crippen molar-refractivity contribution in [2.75, 3.05) is 7.11 Å². The van der Waals surface area contributed by atoms with Crippen LogP contribution in [0.1, 0.15) is 40.5 Å². The molecule has 0 aliphatic rings. The fourth-order valence-electron chi connectivity index (χ4n) is 2.35. The van der Waals surface area contributed by atoms with Crippen LogP contribution in [0.3, 0.4) is 0 Å². The zero-order valence-corrected chi connectivity index (χ0v) is 12.3. The predicted octanol–water partition coefficient (Wildman–Crippen LogP) is 2.46. The minimum Gasteiger partial charge on any atom is -0.481 e. The van der Waals surface area contributed by atoms with Crippen LogP contribution < -0.4 is 0 Å². The van der Waals surface area contributed by atoms with Crippen molar-refractivity contribution in [3.8, 4) is 6.07 Å². The van der Waals surface area contributed by atoms with Gasteiger partial charge in [0.1, 0.15) is 0 Å². The van der Waals surface area contributed by atoms with Crippen LogP contribution in [0.25, 0.3) is 0 Å². The van der Waals surface area contributed by atoms with E-state index in [0.29, 0.717) is 0 Å². The number of nitrogens with zero attached hydrogens (tertiary/aromatic N) is 1. The number of hydrogen-bond donors (Lipinski definition) is 1. The molecule has 0 bridgehead atoms. The largest absolute Gasteiger partial charge is 0.481 e. The average Bonchev–Trinajstić information content (AvgIpc) is 2.31. The van der Waals surface area contributed by atoms with Crippen molar-refractivity contribution in [2.45, 2.75) is 40.5 Å². The molecular formula is C14H23NO4. The van der Waals surface area contributed by atoms with Crippen LogP contribution in [0.2, 0.25) is 0 Å². The number of methoxy groups -OCH3 is 1. The molecule has 0 aliphatic carbocycles. The number of aliphatic carboxylic acids is 1. The maximum absolute atomic E-state index is 12.0. The van der Waals surface area contributed by atoms with Gasteiger partial charge in [-0.3, -0.25) is 9.59 Å². The van der Waals surface area contributed by atoms with E-state index in [0.717, 1.165) is 0 Å². The lowest BCUT2D eigenvalue weighted by Crippen LogP contribution is -2.44. The Hall–Kier alpha value is -1.57. The van der Waals surface area contributed by atoms with Crippen molar-refractivity contribution in [3.05, 3.63) is 0 Å². The number of carboxylic acids is 1. The van der Waals surface area contributed by atoms with E-state index in [4.69, 9.17) is 4.74 Å². The Morgan fingerprint density at radius 2 is 1.79 bits per heavy atom. The number of hydrogen-bond acceptors (Lipinski definition) is 4. The van der Waals surface area contributed by atoms with Crippen LogP contribution in [0.5, 0.6) is 0 Å². The number of carboxylic acid groups (broad SMARTS) is 1. The molecule has 1 N–H and O–H groups in total. The first-order valence-corrected chi connectivity index (χ1v) is 6.43. The molecule has 0 saturated heterocycles. The summed E-state index contributed by atoms with van der Waals surface area (Å²) < 4.78 is 4.70. The fourth-order valence-corrected chi connectivity index (χ4v) is 2.35. The van der Waals surface area contributed by atoms with Gasteiger partial charge in [0.25, 0.3) is 0 Å². The second-order valence-electron chi connectivity index (χ2n) is 5.69. The van der Waals surface area contributed by atoms with Gasteiger partial charge in [-0.05, 0) is 24.7 Å². The Labute approximate surface area is 114 Å². The predicted molar refractivity (Wildman–Crippen MR) is 70.1 cm³/mol. The number of rotatable bonds is 7. The van der Waals surface area contributed by atoms with E-state index in [1.165, 1.54) is 7.11 Å². The molecule has 0 aromatic rings. The first-order valence-electron chi connectivity index (χ1n) is 6.43. The lowest BCUT2D eigenvalue weighted by atomic mass is 9.68. The molecule has 0 heterocycles. The smallest absolute Gasteiger partial charge is 0.327 e. The molecule has 2 atom stereocenters. The van der Waals surface area contributed by atoms with Crippen molar-refractivity contribution in [3.63, 3.8) is 0 Å². The topological polar surface area (TPSA) is 87.4 Å². The molecule has 0 spiro atoms. The van der Waals surface area contributed by atoms with Gasteiger partial charge in [0, 0.05) is 0 Å². The van der Waals surface area contributed by atoms with Crippen molar-refractivity contribution in [1.29, 1.82) is 5.26 Å². The third-order valence-corrected chi connectivity index (χ3v) is 3.08. The molecule has 0 aliphatic heterocycles. The van der Waals surface area contributed by atoms with Gasteiger partial charge in [-0.1, -0.05) is 27.7 Å². The number of carbonyl (C=O) groups is 2. The van der Waals surface area contributed by atoms with Crippen molar-refractivity contribution < 1.29 is 19.4 Å². The fraction of sp³-hybridized carbons (Fsp3) is 0.786. The van der Waals surface area contributed by atoms with Gasteiger partial charge in [0.05, 0.1) is 19.1 Å². The summed E-state index contributed by atoms with van der Waals surface area (Å²) >= 11 is 0. The maximum Gasteiger partial charge on any atom is 0.327 e. The lowest BCUT2D eigenvalue weighted by Gasteiger charge is -2.32. The van der Waals surface area contributed by atoms with Crippen LogP contribution in [0.15, 0.2) is 0 Å². The molecule has 108 valence electrons. The van der Waals surface area contributed by atoms with E-state index >= 15 is 0 Å². The SMILES string of the molecule is COC(=O)C(C#N)(CC(C)C)C(CC(C)C)C(=O)O. The maximum atomic E-state index is 12.0. The Morgan fingerprint density at radius 3 is 2.05 bits per heavy atom. The van der Waals surface area contributed by atoms with E-state index in [1.54, 1.807) is 0 Å². The summed E-state index contributed by atoms with van der Waals surface area (Å²) in [5, 5.41) is 18.8. The molecule has 0 saturated carbocycles. The molecule has 0 aromatic carbocycles. The number of ether oxygens (including phenoxy) is 1.